The molecule has 0 amide bonds. The molecule has 174 valence electrons. The van der Waals surface area contributed by atoms with Crippen LogP contribution in [0.25, 0.3) is 0 Å². The Labute approximate surface area is 182 Å². The average molecular weight is 473 g/mol. The summed E-state index contributed by atoms with van der Waals surface area (Å²) in [5.41, 5.74) is 9.86. The van der Waals surface area contributed by atoms with Gasteiger partial charge in [0.2, 0.25) is 10.0 Å². The molecule has 1 saturated heterocycles. The smallest absolute Gasteiger partial charge is 0.415 e. The number of nitrogens with zero attached hydrogens (tertiary/aromatic N) is 2. The van der Waals surface area contributed by atoms with Crippen molar-refractivity contribution in [2.24, 2.45) is 16.5 Å². The summed E-state index contributed by atoms with van der Waals surface area (Å²) >= 11 is 0. The van der Waals surface area contributed by atoms with Gasteiger partial charge >= 0.3 is 6.18 Å². The van der Waals surface area contributed by atoms with E-state index in [1.54, 1.807) is 0 Å². The predicted octanol–water partition coefficient (Wildman–Crippen LogP) is 0.544. The van der Waals surface area contributed by atoms with Crippen molar-refractivity contribution in [1.82, 2.24) is 9.62 Å². The Morgan fingerprint density at radius 3 is 2.59 bits per heavy atom. The Morgan fingerprint density at radius 1 is 1.28 bits per heavy atom. The number of sulfonamides is 1. The number of nitrogens with one attached hydrogen (secondary N) is 1. The van der Waals surface area contributed by atoms with Crippen molar-refractivity contribution in [3.05, 3.63) is 46.7 Å². The molecule has 9 nitrogen and oxygen atoms in total. The average Bonchev–Trinajstić information content (AvgIpc) is 3.18. The molecule has 32 heavy (non-hydrogen) atoms. The summed E-state index contributed by atoms with van der Waals surface area (Å²) in [6.07, 6.45) is -3.34. The summed E-state index contributed by atoms with van der Waals surface area (Å²) in [5.74, 6) is 0.0485. The van der Waals surface area contributed by atoms with Crippen LogP contribution in [0.4, 0.5) is 13.2 Å². The number of morpholine rings is 1. The highest BCUT2D eigenvalue weighted by atomic mass is 32.2. The van der Waals surface area contributed by atoms with Gasteiger partial charge in [-0.3, -0.25) is 4.99 Å². The van der Waals surface area contributed by atoms with Gasteiger partial charge < -0.3 is 26.3 Å². The van der Waals surface area contributed by atoms with Crippen molar-refractivity contribution >= 4 is 15.9 Å². The van der Waals surface area contributed by atoms with E-state index in [-0.39, 0.29) is 46.4 Å². The molecule has 0 aliphatic carbocycles. The molecule has 0 aromatic heterocycles. The Morgan fingerprint density at radius 2 is 1.97 bits per heavy atom. The summed E-state index contributed by atoms with van der Waals surface area (Å²) in [4.78, 5) is 3.90. The molecule has 1 aromatic rings. The van der Waals surface area contributed by atoms with Crippen LogP contribution >= 0.6 is 0 Å². The molecule has 0 radical (unpaired) electrons. The lowest BCUT2D eigenvalue weighted by molar-refractivity contribution is -0.0921. The maximum Gasteiger partial charge on any atom is 0.415 e. The van der Waals surface area contributed by atoms with E-state index in [2.05, 4.69) is 10.3 Å². The van der Waals surface area contributed by atoms with Gasteiger partial charge in [-0.2, -0.15) is 17.5 Å². The molecule has 4 rings (SSSR count). The van der Waals surface area contributed by atoms with E-state index in [9.17, 15) is 21.6 Å². The molecule has 1 fully saturated rings. The van der Waals surface area contributed by atoms with Gasteiger partial charge in [0.25, 0.3) is 0 Å². The third-order valence-electron chi connectivity index (χ3n) is 5.50. The first-order valence-electron chi connectivity index (χ1n) is 9.65. The van der Waals surface area contributed by atoms with Crippen molar-refractivity contribution in [2.75, 3.05) is 40.0 Å². The van der Waals surface area contributed by atoms with Crippen molar-refractivity contribution in [2.45, 2.75) is 16.7 Å². The second kappa shape index (κ2) is 7.76. The van der Waals surface area contributed by atoms with Crippen LogP contribution in [0.2, 0.25) is 0 Å². The van der Waals surface area contributed by atoms with Crippen LogP contribution in [0.5, 0.6) is 5.75 Å². The van der Waals surface area contributed by atoms with E-state index < -0.39 is 34.0 Å². The van der Waals surface area contributed by atoms with Gasteiger partial charge in [-0.1, -0.05) is 0 Å². The van der Waals surface area contributed by atoms with Gasteiger partial charge in [-0.25, -0.2) is 8.42 Å². The highest BCUT2D eigenvalue weighted by Crippen LogP contribution is 2.39. The number of ether oxygens (including phenoxy) is 2. The lowest BCUT2D eigenvalue weighted by atomic mass is 9.91. The van der Waals surface area contributed by atoms with E-state index in [4.69, 9.17) is 20.9 Å². The quantitative estimate of drug-likeness (QED) is 0.582. The van der Waals surface area contributed by atoms with Gasteiger partial charge in [-0.05, 0) is 18.2 Å². The number of halogens is 3. The van der Waals surface area contributed by atoms with Crippen LogP contribution < -0.4 is 21.5 Å². The van der Waals surface area contributed by atoms with Crippen LogP contribution in [-0.4, -0.2) is 64.7 Å². The molecule has 3 heterocycles. The highest BCUT2D eigenvalue weighted by molar-refractivity contribution is 7.89. The standard InChI is InChI=1S/C19H22F3N5O4S/c1-30-15-8-11(32(28,29)27-4-6-31-7-5-27)2-3-12(15)18(24)9-14(23)16-13(19(20,21)22)10-25-17(16)26-18/h2-3,8-9H,4-7,10,23-24H2,1H3,(H,25,26). The highest BCUT2D eigenvalue weighted by Gasteiger charge is 2.45. The van der Waals surface area contributed by atoms with Crippen LogP contribution in [0, 0.1) is 0 Å². The molecule has 0 spiro atoms. The molecule has 3 aliphatic heterocycles. The summed E-state index contributed by atoms with van der Waals surface area (Å²) < 4.78 is 77.7. The lowest BCUT2D eigenvalue weighted by Crippen LogP contribution is -2.55. The molecule has 13 heteroatoms. The van der Waals surface area contributed by atoms with Gasteiger partial charge in [0, 0.05) is 36.0 Å². The fourth-order valence-electron chi connectivity index (χ4n) is 3.91. The first-order valence-corrected chi connectivity index (χ1v) is 11.1. The summed E-state index contributed by atoms with van der Waals surface area (Å²) in [6, 6.07) is 4.13. The van der Waals surface area contributed by atoms with E-state index in [0.717, 1.165) is 0 Å². The Balaban J connectivity index is 1.74. The maximum atomic E-state index is 13.3. The number of rotatable bonds is 4. The first-order chi connectivity index (χ1) is 15.0. The van der Waals surface area contributed by atoms with Gasteiger partial charge in [-0.15, -0.1) is 0 Å². The minimum absolute atomic E-state index is 0.00508. The van der Waals surface area contributed by atoms with Crippen molar-refractivity contribution in [3.8, 4) is 5.75 Å². The number of aliphatic imine (C=N–C) groups is 1. The minimum Gasteiger partial charge on any atom is -0.496 e. The summed E-state index contributed by atoms with van der Waals surface area (Å²) in [6.45, 7) is 0.479. The Hall–Kier alpha value is -2.61. The van der Waals surface area contributed by atoms with Gasteiger partial charge in [0.05, 0.1) is 37.3 Å². The van der Waals surface area contributed by atoms with E-state index in [0.29, 0.717) is 13.2 Å². The third-order valence-corrected chi connectivity index (χ3v) is 7.39. The number of alkyl halides is 3. The number of fused-ring (bicyclic) bond motifs is 1. The molecule has 0 saturated carbocycles. The second-order valence-electron chi connectivity index (χ2n) is 7.49. The molecule has 3 aliphatic rings. The monoisotopic (exact) mass is 473 g/mol. The van der Waals surface area contributed by atoms with Crippen LogP contribution in [0.15, 0.2) is 51.0 Å². The zero-order chi connectivity index (χ0) is 23.3. The van der Waals surface area contributed by atoms with E-state index >= 15 is 0 Å². The van der Waals surface area contributed by atoms with E-state index in [1.807, 2.05) is 0 Å². The molecule has 1 unspecified atom stereocenters. The molecular weight excluding hydrogens is 451 g/mol. The zero-order valence-corrected chi connectivity index (χ0v) is 17.9. The maximum absolute atomic E-state index is 13.3. The molecule has 1 aromatic carbocycles. The zero-order valence-electron chi connectivity index (χ0n) is 17.1. The van der Waals surface area contributed by atoms with E-state index in [1.165, 1.54) is 35.7 Å². The van der Waals surface area contributed by atoms with Crippen molar-refractivity contribution in [3.63, 3.8) is 0 Å². The number of hydrogen-bond acceptors (Lipinski definition) is 8. The van der Waals surface area contributed by atoms with Gasteiger partial charge in [0.1, 0.15) is 17.2 Å². The fraction of sp³-hybridized carbons (Fsp3) is 0.421. The second-order valence-corrected chi connectivity index (χ2v) is 9.43. The molecule has 0 bridgehead atoms. The lowest BCUT2D eigenvalue weighted by Gasteiger charge is -2.35. The van der Waals surface area contributed by atoms with Crippen LogP contribution in [0.3, 0.4) is 0 Å². The first kappa shape index (κ1) is 22.6. The molecule has 1 atom stereocenters. The SMILES string of the molecule is COc1cc(S(=O)(=O)N2CCOCC2)ccc1C1(N)C=C(N)C2=C(C(F)(F)F)CN=C2N1. The Kier molecular flexibility index (Phi) is 5.48. The summed E-state index contributed by atoms with van der Waals surface area (Å²) in [5, 5.41) is 2.79. The van der Waals surface area contributed by atoms with Crippen molar-refractivity contribution < 1.29 is 31.1 Å². The molecular formula is C19H22F3N5O4S. The fourth-order valence-corrected chi connectivity index (χ4v) is 5.33. The van der Waals surface area contributed by atoms with Crippen LogP contribution in [-0.2, 0) is 20.4 Å². The Bertz CT molecular complexity index is 1140. The normalized spacial score (nSPS) is 24.5. The van der Waals surface area contributed by atoms with Crippen LogP contribution in [0.1, 0.15) is 5.56 Å². The number of amidine groups is 1. The summed E-state index contributed by atoms with van der Waals surface area (Å²) in [7, 11) is -2.46. The molecule has 5 N–H and O–H groups in total. The number of hydrogen-bond donors (Lipinski definition) is 3. The minimum atomic E-state index is -4.58. The predicted molar refractivity (Wildman–Crippen MR) is 109 cm³/mol. The van der Waals surface area contributed by atoms with Gasteiger partial charge in [0.15, 0.2) is 0 Å². The third kappa shape index (κ3) is 3.74. The largest absolute Gasteiger partial charge is 0.496 e. The number of methoxy groups -OCH3 is 1. The topological polar surface area (TPSA) is 132 Å². The number of benzene rings is 1. The van der Waals surface area contributed by atoms with Crippen molar-refractivity contribution in [1.29, 1.82) is 0 Å². The number of nitrogens with two attached hydrogens (primary N) is 2.